The van der Waals surface area contributed by atoms with Crippen LogP contribution in [-0.4, -0.2) is 74.9 Å². The maximum Gasteiger partial charge on any atom is 0.472 e. The lowest BCUT2D eigenvalue weighted by Gasteiger charge is -2.24. The van der Waals surface area contributed by atoms with Gasteiger partial charge in [-0.25, -0.2) is 4.57 Å². The fourth-order valence-corrected chi connectivity index (χ4v) is 5.77. The first-order valence-corrected chi connectivity index (χ1v) is 23.8. The summed E-state index contributed by atoms with van der Waals surface area (Å²) < 4.78 is 34.1. The third-order valence-corrected chi connectivity index (χ3v) is 9.47. The molecule has 0 radical (unpaired) electrons. The number of carbonyl (C=O) groups excluding carboxylic acids is 2. The van der Waals surface area contributed by atoms with Gasteiger partial charge in [-0.05, 0) is 89.9 Å². The van der Waals surface area contributed by atoms with E-state index in [0.29, 0.717) is 23.9 Å². The molecule has 0 amide bonds. The van der Waals surface area contributed by atoms with Crippen LogP contribution in [0.3, 0.4) is 0 Å². The summed E-state index contributed by atoms with van der Waals surface area (Å²) in [5.74, 6) is -0.978. The van der Waals surface area contributed by atoms with E-state index in [-0.39, 0.29) is 26.1 Å². The van der Waals surface area contributed by atoms with Gasteiger partial charge >= 0.3 is 19.8 Å². The minimum Gasteiger partial charge on any atom is -0.462 e. The average Bonchev–Trinajstić information content (AvgIpc) is 3.20. The molecule has 2 atom stereocenters. The molecule has 0 aromatic heterocycles. The quantitative estimate of drug-likeness (QED) is 0.0215. The molecule has 0 spiro atoms. The van der Waals surface area contributed by atoms with Gasteiger partial charge in [0.25, 0.3) is 0 Å². The summed E-state index contributed by atoms with van der Waals surface area (Å²) >= 11 is 0. The predicted molar refractivity (Wildman–Crippen MR) is 251 cm³/mol. The van der Waals surface area contributed by atoms with Gasteiger partial charge in [-0.2, -0.15) is 0 Å². The molecule has 0 heterocycles. The van der Waals surface area contributed by atoms with Crippen LogP contribution in [0.2, 0.25) is 0 Å². The maximum absolute atomic E-state index is 12.7. The van der Waals surface area contributed by atoms with E-state index in [0.717, 1.165) is 64.2 Å². The van der Waals surface area contributed by atoms with Gasteiger partial charge in [0, 0.05) is 12.8 Å². The Kier molecular flexibility index (Phi) is 38.4. The number of quaternary nitrogens is 1. The second-order valence-corrected chi connectivity index (χ2v) is 16.8. The Bertz CT molecular complexity index is 1430. The van der Waals surface area contributed by atoms with Crippen molar-refractivity contribution in [2.45, 2.75) is 136 Å². The Morgan fingerprint density at radius 3 is 1.42 bits per heavy atom. The molecule has 0 aliphatic carbocycles. The third-order valence-electron chi connectivity index (χ3n) is 8.49. The Balaban J connectivity index is 4.61. The summed E-state index contributed by atoms with van der Waals surface area (Å²) in [6, 6.07) is 0. The molecular formula is C50H81NO8P+. The van der Waals surface area contributed by atoms with Crippen molar-refractivity contribution in [1.29, 1.82) is 0 Å². The molecule has 0 aliphatic heterocycles. The molecule has 0 bridgehead atoms. The Labute approximate surface area is 365 Å². The summed E-state index contributed by atoms with van der Waals surface area (Å²) in [6.45, 7) is 4.09. The molecule has 60 heavy (non-hydrogen) atoms. The number of hydrogen-bond acceptors (Lipinski definition) is 7. The lowest BCUT2D eigenvalue weighted by Crippen LogP contribution is -2.37. The highest BCUT2D eigenvalue weighted by Gasteiger charge is 2.27. The van der Waals surface area contributed by atoms with Gasteiger partial charge < -0.3 is 18.9 Å². The number of allylic oxidation sites excluding steroid dienone is 20. The number of phosphoric acid groups is 1. The number of nitrogens with zero attached hydrogens (tertiary/aromatic N) is 1. The smallest absolute Gasteiger partial charge is 0.462 e. The molecule has 338 valence electrons. The molecule has 0 fully saturated rings. The summed E-state index contributed by atoms with van der Waals surface area (Å²) in [5.41, 5.74) is 0. The highest BCUT2D eigenvalue weighted by molar-refractivity contribution is 7.47. The molecule has 1 unspecified atom stereocenters. The molecule has 10 heteroatoms. The molecule has 0 saturated heterocycles. The zero-order valence-corrected chi connectivity index (χ0v) is 38.8. The minimum absolute atomic E-state index is 0.00198. The Morgan fingerprint density at radius 2 is 0.967 bits per heavy atom. The van der Waals surface area contributed by atoms with Crippen molar-refractivity contribution in [3.05, 3.63) is 122 Å². The first-order valence-electron chi connectivity index (χ1n) is 22.3. The van der Waals surface area contributed by atoms with Crippen LogP contribution < -0.4 is 0 Å². The zero-order chi connectivity index (χ0) is 44.3. The van der Waals surface area contributed by atoms with Crippen LogP contribution in [0, 0.1) is 0 Å². The van der Waals surface area contributed by atoms with Gasteiger partial charge in [0.05, 0.1) is 27.7 Å². The van der Waals surface area contributed by atoms with Crippen LogP contribution >= 0.6 is 7.82 Å². The molecular weight excluding hydrogens is 774 g/mol. The SMILES string of the molecule is CC/C=C/C/C=C/C/C=C/C/C=C/C/C=C/CCCC(=O)OC[C@H](COP(=O)(O)OCC[N+](C)(C)C)OC(=O)CC/C=C/C/C=C/C/C=C/C/C=C/C/C=C/CCCCC. The first-order chi connectivity index (χ1) is 29.0. The van der Waals surface area contributed by atoms with E-state index in [4.69, 9.17) is 18.5 Å². The Morgan fingerprint density at radius 1 is 0.533 bits per heavy atom. The predicted octanol–water partition coefficient (Wildman–Crippen LogP) is 12.9. The summed E-state index contributed by atoms with van der Waals surface area (Å²) in [5, 5.41) is 0. The highest BCUT2D eigenvalue weighted by atomic mass is 31.2. The first kappa shape index (κ1) is 56.4. The number of carbonyl (C=O) groups is 2. The molecule has 0 rings (SSSR count). The van der Waals surface area contributed by atoms with Gasteiger partial charge in [-0.3, -0.25) is 18.6 Å². The van der Waals surface area contributed by atoms with Crippen LogP contribution in [-0.2, 0) is 32.7 Å². The number of unbranched alkanes of at least 4 members (excludes halogenated alkanes) is 4. The number of esters is 2. The van der Waals surface area contributed by atoms with Gasteiger partial charge in [-0.1, -0.05) is 148 Å². The van der Waals surface area contributed by atoms with Crippen molar-refractivity contribution < 1.29 is 42.1 Å². The molecule has 0 aromatic carbocycles. The molecule has 0 saturated carbocycles. The number of rotatable bonds is 38. The lowest BCUT2D eigenvalue weighted by atomic mass is 10.2. The average molecular weight is 855 g/mol. The lowest BCUT2D eigenvalue weighted by molar-refractivity contribution is -0.870. The number of phosphoric ester groups is 1. The fraction of sp³-hybridized carbons (Fsp3) is 0.560. The summed E-state index contributed by atoms with van der Waals surface area (Å²) in [6.07, 6.45) is 57.0. The van der Waals surface area contributed by atoms with Crippen LogP contribution in [0.25, 0.3) is 0 Å². The van der Waals surface area contributed by atoms with Crippen LogP contribution in [0.4, 0.5) is 0 Å². The topological polar surface area (TPSA) is 108 Å². The monoisotopic (exact) mass is 855 g/mol. The summed E-state index contributed by atoms with van der Waals surface area (Å²) in [4.78, 5) is 35.3. The van der Waals surface area contributed by atoms with E-state index in [1.807, 2.05) is 39.4 Å². The molecule has 0 aliphatic rings. The minimum atomic E-state index is -4.42. The second-order valence-electron chi connectivity index (χ2n) is 15.3. The second kappa shape index (κ2) is 40.8. The number of hydrogen-bond donors (Lipinski definition) is 1. The third kappa shape index (κ3) is 44.0. The van der Waals surface area contributed by atoms with Crippen molar-refractivity contribution in [2.24, 2.45) is 0 Å². The van der Waals surface area contributed by atoms with Crippen molar-refractivity contribution in [3.8, 4) is 0 Å². The van der Waals surface area contributed by atoms with E-state index in [1.165, 1.54) is 25.7 Å². The van der Waals surface area contributed by atoms with Crippen molar-refractivity contribution in [3.63, 3.8) is 0 Å². The zero-order valence-electron chi connectivity index (χ0n) is 37.9. The van der Waals surface area contributed by atoms with Crippen LogP contribution in [0.1, 0.15) is 129 Å². The normalized spacial score (nSPS) is 14.7. The molecule has 0 aromatic rings. The fourth-order valence-electron chi connectivity index (χ4n) is 5.03. The van der Waals surface area contributed by atoms with E-state index in [9.17, 15) is 19.0 Å². The van der Waals surface area contributed by atoms with Crippen LogP contribution in [0.15, 0.2) is 122 Å². The maximum atomic E-state index is 12.7. The molecule has 9 nitrogen and oxygen atoms in total. The van der Waals surface area contributed by atoms with Gasteiger partial charge in [-0.15, -0.1) is 0 Å². The summed E-state index contributed by atoms with van der Waals surface area (Å²) in [7, 11) is 1.38. The highest BCUT2D eigenvalue weighted by Crippen LogP contribution is 2.43. The van der Waals surface area contributed by atoms with Gasteiger partial charge in [0.15, 0.2) is 6.10 Å². The van der Waals surface area contributed by atoms with Crippen molar-refractivity contribution in [1.82, 2.24) is 0 Å². The van der Waals surface area contributed by atoms with Gasteiger partial charge in [0.1, 0.15) is 19.8 Å². The number of ether oxygens (including phenoxy) is 2. The van der Waals surface area contributed by atoms with Crippen molar-refractivity contribution in [2.75, 3.05) is 47.5 Å². The molecule has 1 N–H and O–H groups in total. The van der Waals surface area contributed by atoms with Crippen LogP contribution in [0.5, 0.6) is 0 Å². The standard InChI is InChI=1S/C50H80NO8P/c1-6-8-10-12-14-16-18-20-22-24-25-27-29-31-33-35-37-39-41-43-50(53)59-48(47-58-60(54,55)57-45-44-51(3,4)5)46-56-49(52)42-40-38-36-34-32-30-28-26-23-21-19-17-15-13-11-9-7-2/h9,11,14-17,20-23,25,27-28,30-31,33-34,36-37,39,48H,6-8,10,12-13,18-19,24,26,29,32,35,38,40-47H2,1-5H3/p+1/b11-9+,16-14+,17-15+,22-20+,23-21+,27-25+,30-28+,33-31+,36-34+,39-37+/t48-/m1/s1. The van der Waals surface area contributed by atoms with E-state index in [1.54, 1.807) is 0 Å². The van der Waals surface area contributed by atoms with Gasteiger partial charge in [0.2, 0.25) is 0 Å². The largest absolute Gasteiger partial charge is 0.472 e. The van der Waals surface area contributed by atoms with E-state index in [2.05, 4.69) is 117 Å². The number of likely N-dealkylation sites (N-methyl/N-ethyl adjacent to an activating group) is 1. The van der Waals surface area contributed by atoms with Crippen molar-refractivity contribution >= 4 is 19.8 Å². The van der Waals surface area contributed by atoms with E-state index >= 15 is 0 Å². The van der Waals surface area contributed by atoms with E-state index < -0.39 is 32.5 Å². The Hall–Kier alpha value is -3.59.